The fourth-order valence-electron chi connectivity index (χ4n) is 1.44. The van der Waals surface area contributed by atoms with Gasteiger partial charge in [-0.05, 0) is 30.5 Å². The molecule has 0 saturated carbocycles. The highest BCUT2D eigenvalue weighted by molar-refractivity contribution is 5.91. The lowest BCUT2D eigenvalue weighted by Crippen LogP contribution is -2.29. The molecule has 1 atom stereocenters. The maximum absolute atomic E-state index is 11.6. The summed E-state index contributed by atoms with van der Waals surface area (Å²) >= 11 is 0. The SMILES string of the molecule is CC(C)COC(C)ONC(=O)C=Cc1cccc(C=O)c1. The first kappa shape index (κ1) is 17.1. The molecule has 1 N–H and O–H groups in total. The summed E-state index contributed by atoms with van der Waals surface area (Å²) in [5, 5.41) is 0. The number of carbonyl (C=O) groups excluding carboxylic acids is 2. The second kappa shape index (κ2) is 9.05. The predicted molar refractivity (Wildman–Crippen MR) is 80.3 cm³/mol. The number of hydrogen-bond donors (Lipinski definition) is 1. The summed E-state index contributed by atoms with van der Waals surface area (Å²) < 4.78 is 5.35. The molecule has 1 aromatic rings. The second-order valence-corrected chi connectivity index (χ2v) is 5.00. The zero-order valence-corrected chi connectivity index (χ0v) is 12.5. The molecule has 5 nitrogen and oxygen atoms in total. The third-order valence-electron chi connectivity index (χ3n) is 2.46. The van der Waals surface area contributed by atoms with Crippen LogP contribution in [0.3, 0.4) is 0 Å². The van der Waals surface area contributed by atoms with Crippen LogP contribution in [-0.2, 0) is 14.4 Å². The molecule has 1 amide bonds. The van der Waals surface area contributed by atoms with Crippen molar-refractivity contribution >= 4 is 18.3 Å². The Kier molecular flexibility index (Phi) is 7.36. The van der Waals surface area contributed by atoms with E-state index in [9.17, 15) is 9.59 Å². The Morgan fingerprint density at radius 3 is 2.67 bits per heavy atom. The van der Waals surface area contributed by atoms with Gasteiger partial charge >= 0.3 is 0 Å². The highest BCUT2D eigenvalue weighted by Crippen LogP contribution is 2.05. The molecule has 0 aliphatic heterocycles. The van der Waals surface area contributed by atoms with Gasteiger partial charge in [-0.3, -0.25) is 9.59 Å². The van der Waals surface area contributed by atoms with Gasteiger partial charge in [0.2, 0.25) is 0 Å². The van der Waals surface area contributed by atoms with Crippen LogP contribution < -0.4 is 5.48 Å². The minimum Gasteiger partial charge on any atom is -0.350 e. The normalized spacial score (nSPS) is 12.6. The third-order valence-corrected chi connectivity index (χ3v) is 2.46. The Morgan fingerprint density at radius 1 is 1.29 bits per heavy atom. The fourth-order valence-corrected chi connectivity index (χ4v) is 1.44. The molecule has 21 heavy (non-hydrogen) atoms. The van der Waals surface area contributed by atoms with E-state index in [1.165, 1.54) is 6.08 Å². The minimum absolute atomic E-state index is 0.397. The molecule has 0 saturated heterocycles. The van der Waals surface area contributed by atoms with Gasteiger partial charge in [0.25, 0.3) is 5.91 Å². The summed E-state index contributed by atoms with van der Waals surface area (Å²) in [6.07, 6.45) is 3.18. The van der Waals surface area contributed by atoms with E-state index in [0.29, 0.717) is 18.1 Å². The van der Waals surface area contributed by atoms with Gasteiger partial charge in [0.15, 0.2) is 6.29 Å². The Morgan fingerprint density at radius 2 is 2.00 bits per heavy atom. The summed E-state index contributed by atoms with van der Waals surface area (Å²) in [7, 11) is 0. The van der Waals surface area contributed by atoms with E-state index in [-0.39, 0.29) is 0 Å². The molecule has 0 radical (unpaired) electrons. The molecule has 0 heterocycles. The van der Waals surface area contributed by atoms with Crippen LogP contribution in [0.1, 0.15) is 36.7 Å². The molecule has 1 aromatic carbocycles. The van der Waals surface area contributed by atoms with E-state index in [1.807, 2.05) is 13.8 Å². The van der Waals surface area contributed by atoms with Crippen LogP contribution in [0.2, 0.25) is 0 Å². The molecule has 0 spiro atoms. The number of hydrogen-bond acceptors (Lipinski definition) is 4. The summed E-state index contributed by atoms with van der Waals surface area (Å²) in [4.78, 5) is 27.3. The Hall–Kier alpha value is -1.98. The molecule has 114 valence electrons. The lowest BCUT2D eigenvalue weighted by atomic mass is 10.1. The first-order valence-corrected chi connectivity index (χ1v) is 6.82. The molecule has 0 bridgehead atoms. The van der Waals surface area contributed by atoms with Crippen molar-refractivity contribution in [1.29, 1.82) is 0 Å². The Balaban J connectivity index is 2.39. The molecular formula is C16H21NO4. The van der Waals surface area contributed by atoms with Gasteiger partial charge in [-0.1, -0.05) is 32.0 Å². The van der Waals surface area contributed by atoms with E-state index in [1.54, 1.807) is 37.3 Å². The zero-order valence-electron chi connectivity index (χ0n) is 12.5. The van der Waals surface area contributed by atoms with Gasteiger partial charge < -0.3 is 4.74 Å². The number of rotatable bonds is 8. The van der Waals surface area contributed by atoms with Gasteiger partial charge in [-0.2, -0.15) is 0 Å². The lowest BCUT2D eigenvalue weighted by Gasteiger charge is -2.14. The van der Waals surface area contributed by atoms with Gasteiger partial charge in [0.1, 0.15) is 6.29 Å². The largest absolute Gasteiger partial charge is 0.350 e. The Labute approximate surface area is 124 Å². The average molecular weight is 291 g/mol. The van der Waals surface area contributed by atoms with E-state index < -0.39 is 12.2 Å². The van der Waals surface area contributed by atoms with E-state index in [0.717, 1.165) is 11.8 Å². The summed E-state index contributed by atoms with van der Waals surface area (Å²) in [6.45, 7) is 6.33. The number of nitrogens with one attached hydrogen (secondary N) is 1. The maximum Gasteiger partial charge on any atom is 0.267 e. The molecule has 0 aliphatic carbocycles. The van der Waals surface area contributed by atoms with Gasteiger partial charge in [0.05, 0.1) is 6.61 Å². The van der Waals surface area contributed by atoms with Crippen molar-refractivity contribution in [3.63, 3.8) is 0 Å². The number of carbonyl (C=O) groups is 2. The predicted octanol–water partition coefficient (Wildman–Crippen LogP) is 2.58. The summed E-state index contributed by atoms with van der Waals surface area (Å²) in [5.74, 6) is 0.00301. The molecular weight excluding hydrogens is 270 g/mol. The van der Waals surface area contributed by atoms with Crippen LogP contribution in [0.5, 0.6) is 0 Å². The topological polar surface area (TPSA) is 64.6 Å². The fraction of sp³-hybridized carbons (Fsp3) is 0.375. The highest BCUT2D eigenvalue weighted by Gasteiger charge is 2.05. The van der Waals surface area contributed by atoms with Crippen LogP contribution in [0.4, 0.5) is 0 Å². The van der Waals surface area contributed by atoms with Crippen molar-refractivity contribution in [2.45, 2.75) is 27.1 Å². The number of aldehydes is 1. The lowest BCUT2D eigenvalue weighted by molar-refractivity contribution is -0.180. The molecule has 0 aromatic heterocycles. The van der Waals surface area contributed by atoms with E-state index in [2.05, 4.69) is 5.48 Å². The second-order valence-electron chi connectivity index (χ2n) is 5.00. The molecule has 5 heteroatoms. The number of ether oxygens (including phenoxy) is 1. The monoisotopic (exact) mass is 291 g/mol. The van der Waals surface area contributed by atoms with Gasteiger partial charge in [-0.25, -0.2) is 10.3 Å². The van der Waals surface area contributed by atoms with Crippen LogP contribution in [0, 0.1) is 5.92 Å². The Bertz CT molecular complexity index is 497. The molecule has 1 unspecified atom stereocenters. The zero-order chi connectivity index (χ0) is 15.7. The number of hydroxylamine groups is 1. The van der Waals surface area contributed by atoms with Crippen LogP contribution >= 0.6 is 0 Å². The van der Waals surface area contributed by atoms with E-state index >= 15 is 0 Å². The molecule has 0 fully saturated rings. The van der Waals surface area contributed by atoms with Crippen molar-refractivity contribution < 1.29 is 19.2 Å². The van der Waals surface area contributed by atoms with Crippen LogP contribution in [0.25, 0.3) is 6.08 Å². The third kappa shape index (κ3) is 7.39. The number of amides is 1. The average Bonchev–Trinajstić information content (AvgIpc) is 2.49. The van der Waals surface area contributed by atoms with Crippen molar-refractivity contribution in [2.24, 2.45) is 5.92 Å². The smallest absolute Gasteiger partial charge is 0.267 e. The first-order chi connectivity index (χ1) is 10.0. The standard InChI is InChI=1S/C16H21NO4/c1-12(2)11-20-13(3)21-17-16(19)8-7-14-5-4-6-15(9-14)10-18/h4-10,12-13H,11H2,1-3H3,(H,17,19). The van der Waals surface area contributed by atoms with Crippen molar-refractivity contribution in [2.75, 3.05) is 6.61 Å². The quantitative estimate of drug-likeness (QED) is 0.346. The van der Waals surface area contributed by atoms with Crippen LogP contribution in [0.15, 0.2) is 30.3 Å². The molecule has 1 rings (SSSR count). The summed E-state index contributed by atoms with van der Waals surface area (Å²) in [5.41, 5.74) is 3.61. The minimum atomic E-state index is -0.511. The summed E-state index contributed by atoms with van der Waals surface area (Å²) in [6, 6.07) is 6.93. The van der Waals surface area contributed by atoms with Gasteiger partial charge in [-0.15, -0.1) is 0 Å². The molecule has 0 aliphatic rings. The maximum atomic E-state index is 11.6. The highest BCUT2D eigenvalue weighted by atomic mass is 16.8. The van der Waals surface area contributed by atoms with Crippen molar-refractivity contribution in [3.8, 4) is 0 Å². The van der Waals surface area contributed by atoms with Gasteiger partial charge in [0, 0.05) is 11.6 Å². The first-order valence-electron chi connectivity index (χ1n) is 6.82. The van der Waals surface area contributed by atoms with Crippen molar-refractivity contribution in [1.82, 2.24) is 5.48 Å². The van der Waals surface area contributed by atoms with Crippen molar-refractivity contribution in [3.05, 3.63) is 41.5 Å². The van der Waals surface area contributed by atoms with E-state index in [4.69, 9.17) is 9.57 Å². The van der Waals surface area contributed by atoms with Crippen LogP contribution in [-0.4, -0.2) is 25.1 Å². The number of benzene rings is 1.